The molecule has 0 bridgehead atoms. The zero-order valence-electron chi connectivity index (χ0n) is 12.7. The lowest BCUT2D eigenvalue weighted by atomic mass is 9.84. The van der Waals surface area contributed by atoms with Crippen molar-refractivity contribution in [2.45, 2.75) is 18.6 Å². The molecule has 0 N–H and O–H groups in total. The number of halogens is 2. The van der Waals surface area contributed by atoms with E-state index in [9.17, 15) is 9.18 Å². The number of hydrogen-bond donors (Lipinski definition) is 0. The van der Waals surface area contributed by atoms with Crippen LogP contribution < -0.4 is 0 Å². The third-order valence-corrected chi connectivity index (χ3v) is 6.69. The standard InChI is InChI=1S/C16H18F2O3Si/c1-20-22(3,21-2)15(19)16(18)11-13(17)9-10-14(16)12-7-5-4-6-8-12/h4-10H,11H2,1-3H3. The fourth-order valence-corrected chi connectivity index (χ4v) is 3.95. The lowest BCUT2D eigenvalue weighted by Gasteiger charge is -2.34. The Hall–Kier alpha value is -1.63. The van der Waals surface area contributed by atoms with Gasteiger partial charge in [-0.15, -0.1) is 0 Å². The van der Waals surface area contributed by atoms with Gasteiger partial charge >= 0.3 is 8.56 Å². The summed E-state index contributed by atoms with van der Waals surface area (Å²) in [6.45, 7) is 1.45. The summed E-state index contributed by atoms with van der Waals surface area (Å²) >= 11 is 0. The van der Waals surface area contributed by atoms with Crippen molar-refractivity contribution in [2.75, 3.05) is 14.2 Å². The molecule has 1 aliphatic rings. The molecule has 3 nitrogen and oxygen atoms in total. The highest BCUT2D eigenvalue weighted by molar-refractivity contribution is 6.97. The Bertz CT molecular complexity index is 624. The van der Waals surface area contributed by atoms with Crippen LogP contribution in [0.5, 0.6) is 0 Å². The van der Waals surface area contributed by atoms with Crippen molar-refractivity contribution in [2.24, 2.45) is 0 Å². The molecule has 0 spiro atoms. The summed E-state index contributed by atoms with van der Waals surface area (Å²) in [5.74, 6) is -0.681. The van der Waals surface area contributed by atoms with Crippen molar-refractivity contribution < 1.29 is 22.4 Å². The van der Waals surface area contributed by atoms with E-state index in [1.54, 1.807) is 30.3 Å². The van der Waals surface area contributed by atoms with E-state index in [-0.39, 0.29) is 5.57 Å². The highest BCUT2D eigenvalue weighted by Crippen LogP contribution is 2.42. The molecule has 0 radical (unpaired) electrons. The molecule has 1 aliphatic carbocycles. The van der Waals surface area contributed by atoms with E-state index < -0.39 is 31.9 Å². The van der Waals surface area contributed by atoms with Crippen molar-refractivity contribution in [3.05, 3.63) is 53.9 Å². The van der Waals surface area contributed by atoms with E-state index in [0.29, 0.717) is 5.56 Å². The molecule has 0 fully saturated rings. The minimum atomic E-state index is -3.41. The van der Waals surface area contributed by atoms with E-state index in [1.807, 2.05) is 0 Å². The Morgan fingerprint density at radius 3 is 2.32 bits per heavy atom. The quantitative estimate of drug-likeness (QED) is 0.778. The third-order valence-electron chi connectivity index (χ3n) is 3.91. The number of rotatable bonds is 5. The first kappa shape index (κ1) is 16.7. The SMILES string of the molecule is CO[Si](C)(OC)C(=O)C1(F)CC(F)=CC=C1c1ccccc1. The van der Waals surface area contributed by atoms with Crippen molar-refractivity contribution in [1.82, 2.24) is 0 Å². The van der Waals surface area contributed by atoms with Gasteiger partial charge in [0.15, 0.2) is 0 Å². The maximum atomic E-state index is 15.6. The molecule has 0 aromatic heterocycles. The average Bonchev–Trinajstić information content (AvgIpc) is 2.54. The summed E-state index contributed by atoms with van der Waals surface area (Å²) in [5.41, 5.74) is -1.83. The molecule has 0 amide bonds. The summed E-state index contributed by atoms with van der Waals surface area (Å²) < 4.78 is 39.6. The van der Waals surface area contributed by atoms with Crippen LogP contribution in [0.25, 0.3) is 5.57 Å². The van der Waals surface area contributed by atoms with E-state index >= 15 is 4.39 Å². The van der Waals surface area contributed by atoms with Crippen LogP contribution in [0.2, 0.25) is 6.55 Å². The summed E-state index contributed by atoms with van der Waals surface area (Å²) in [5, 5.41) is -0.830. The molecular weight excluding hydrogens is 306 g/mol. The molecule has 22 heavy (non-hydrogen) atoms. The Kier molecular flexibility index (Phi) is 4.74. The van der Waals surface area contributed by atoms with Gasteiger partial charge in [-0.05, 0) is 18.2 Å². The van der Waals surface area contributed by atoms with Gasteiger partial charge in [0.1, 0.15) is 5.83 Å². The number of carbonyl (C=O) groups excluding carboxylic acids is 1. The summed E-state index contributed by atoms with van der Waals surface area (Å²) in [6, 6.07) is 8.62. The van der Waals surface area contributed by atoms with Crippen LogP contribution >= 0.6 is 0 Å². The molecule has 1 atom stereocenters. The van der Waals surface area contributed by atoms with Gasteiger partial charge in [0.25, 0.3) is 0 Å². The molecule has 0 heterocycles. The van der Waals surface area contributed by atoms with Gasteiger partial charge in [-0.3, -0.25) is 4.79 Å². The van der Waals surface area contributed by atoms with Gasteiger partial charge in [-0.25, -0.2) is 8.78 Å². The molecule has 1 aromatic carbocycles. The zero-order chi connectivity index (χ0) is 16.4. The Labute approximate surface area is 129 Å². The summed E-state index contributed by atoms with van der Waals surface area (Å²) in [7, 11) is -0.806. The van der Waals surface area contributed by atoms with Crippen LogP contribution in [0.4, 0.5) is 8.78 Å². The highest BCUT2D eigenvalue weighted by Gasteiger charge is 2.56. The second-order valence-corrected chi connectivity index (χ2v) is 8.38. The normalized spacial score (nSPS) is 22.0. The minimum absolute atomic E-state index is 0.132. The van der Waals surface area contributed by atoms with Crippen LogP contribution in [0.1, 0.15) is 12.0 Å². The lowest BCUT2D eigenvalue weighted by Crippen LogP contribution is -2.56. The number of benzene rings is 1. The molecule has 1 aromatic rings. The maximum absolute atomic E-state index is 15.6. The third kappa shape index (κ3) is 2.81. The lowest BCUT2D eigenvalue weighted by molar-refractivity contribution is -0.123. The average molecular weight is 324 g/mol. The number of alkyl halides is 1. The smallest absolute Gasteiger partial charge is 0.393 e. The van der Waals surface area contributed by atoms with Gasteiger partial charge < -0.3 is 8.85 Å². The molecular formula is C16H18F2O3Si. The van der Waals surface area contributed by atoms with E-state index in [2.05, 4.69) is 0 Å². The van der Waals surface area contributed by atoms with Gasteiger partial charge in [0.05, 0.1) is 0 Å². The van der Waals surface area contributed by atoms with Crippen molar-refractivity contribution >= 4 is 19.5 Å². The molecule has 2 rings (SSSR count). The van der Waals surface area contributed by atoms with Gasteiger partial charge in [-0.1, -0.05) is 36.4 Å². The molecule has 0 aliphatic heterocycles. The van der Waals surface area contributed by atoms with E-state index in [0.717, 1.165) is 0 Å². The second-order valence-electron chi connectivity index (χ2n) is 5.22. The highest BCUT2D eigenvalue weighted by atomic mass is 28.4. The minimum Gasteiger partial charge on any atom is -0.393 e. The van der Waals surface area contributed by atoms with Crippen LogP contribution in [-0.2, 0) is 13.6 Å². The van der Waals surface area contributed by atoms with Crippen LogP contribution in [-0.4, -0.2) is 33.9 Å². The maximum Gasteiger partial charge on any atom is 0.411 e. The summed E-state index contributed by atoms with van der Waals surface area (Å²) in [4.78, 5) is 12.7. The molecule has 118 valence electrons. The second kappa shape index (κ2) is 6.24. The van der Waals surface area contributed by atoms with Crippen molar-refractivity contribution in [3.63, 3.8) is 0 Å². The Morgan fingerprint density at radius 2 is 1.77 bits per heavy atom. The van der Waals surface area contributed by atoms with Gasteiger partial charge in [0, 0.05) is 26.2 Å². The number of carbonyl (C=O) groups is 1. The first-order chi connectivity index (χ1) is 10.4. The van der Waals surface area contributed by atoms with Crippen LogP contribution in [0, 0.1) is 0 Å². The van der Waals surface area contributed by atoms with Crippen LogP contribution in [0.3, 0.4) is 0 Å². The fraction of sp³-hybridized carbons (Fsp3) is 0.312. The molecule has 6 heteroatoms. The Morgan fingerprint density at radius 1 is 1.18 bits per heavy atom. The molecule has 1 unspecified atom stereocenters. The van der Waals surface area contributed by atoms with E-state index in [4.69, 9.17) is 8.85 Å². The topological polar surface area (TPSA) is 35.5 Å². The molecule has 0 saturated heterocycles. The van der Waals surface area contributed by atoms with Crippen LogP contribution in [0.15, 0.2) is 48.3 Å². The predicted molar refractivity (Wildman–Crippen MR) is 82.7 cm³/mol. The Balaban J connectivity index is 2.53. The van der Waals surface area contributed by atoms with Gasteiger partial charge in [-0.2, -0.15) is 0 Å². The fourth-order valence-electron chi connectivity index (χ4n) is 2.47. The number of allylic oxidation sites excluding steroid dienone is 4. The van der Waals surface area contributed by atoms with E-state index in [1.165, 1.54) is 32.9 Å². The zero-order valence-corrected chi connectivity index (χ0v) is 13.7. The summed E-state index contributed by atoms with van der Waals surface area (Å²) in [6.07, 6.45) is 1.86. The first-order valence-electron chi connectivity index (χ1n) is 6.84. The van der Waals surface area contributed by atoms with Gasteiger partial charge in [0.2, 0.25) is 11.1 Å². The predicted octanol–water partition coefficient (Wildman–Crippen LogP) is 3.51. The van der Waals surface area contributed by atoms with Crippen molar-refractivity contribution in [1.29, 1.82) is 0 Å². The monoisotopic (exact) mass is 324 g/mol. The molecule has 0 saturated carbocycles. The van der Waals surface area contributed by atoms with Crippen molar-refractivity contribution in [3.8, 4) is 0 Å². The number of hydrogen-bond acceptors (Lipinski definition) is 3. The first-order valence-corrected chi connectivity index (χ1v) is 9.15. The largest absolute Gasteiger partial charge is 0.411 e.